The summed E-state index contributed by atoms with van der Waals surface area (Å²) in [6.07, 6.45) is 0. The van der Waals surface area contributed by atoms with Crippen molar-refractivity contribution in [2.45, 2.75) is 27.7 Å². The molecule has 0 spiro atoms. The first-order chi connectivity index (χ1) is 17.6. The number of nitrogens with zero attached hydrogens (tertiary/aromatic N) is 2. The van der Waals surface area contributed by atoms with E-state index in [4.69, 9.17) is 0 Å². The van der Waals surface area contributed by atoms with Crippen molar-refractivity contribution in [2.75, 3.05) is 0 Å². The molecule has 3 aliphatic rings. The van der Waals surface area contributed by atoms with Gasteiger partial charge in [0.15, 0.2) is 0 Å². The Labute approximate surface area is 214 Å². The fourth-order valence-corrected chi connectivity index (χ4v) is 6.79. The van der Waals surface area contributed by atoms with Crippen LogP contribution in [0.15, 0.2) is 120 Å². The van der Waals surface area contributed by atoms with Crippen LogP contribution < -0.4 is 21.9 Å². The third kappa shape index (κ3) is 2.76. The van der Waals surface area contributed by atoms with Crippen LogP contribution in [-0.2, 0) is 0 Å². The van der Waals surface area contributed by atoms with Crippen LogP contribution in [0, 0.1) is 0 Å². The molecule has 3 aliphatic heterocycles. The minimum Gasteiger partial charge on any atom is -0.381 e. The molecule has 3 heterocycles. The van der Waals surface area contributed by atoms with Crippen LogP contribution in [-0.4, -0.2) is 23.3 Å². The van der Waals surface area contributed by atoms with Gasteiger partial charge in [0.2, 0.25) is 0 Å². The molecule has 0 aliphatic carbocycles. The van der Waals surface area contributed by atoms with Crippen LogP contribution in [0.2, 0.25) is 0 Å². The number of fused-ring (bicyclic) bond motifs is 6. The van der Waals surface area contributed by atoms with E-state index in [1.165, 1.54) is 66.9 Å². The molecule has 4 aromatic rings. The van der Waals surface area contributed by atoms with E-state index in [0.717, 1.165) is 0 Å². The topological polar surface area (TPSA) is 6.48 Å². The highest BCUT2D eigenvalue weighted by Crippen LogP contribution is 2.37. The molecule has 7 rings (SSSR count). The Morgan fingerprint density at radius 1 is 0.361 bits per heavy atom. The van der Waals surface area contributed by atoms with E-state index < -0.39 is 0 Å². The predicted octanol–water partition coefficient (Wildman–Crippen LogP) is 4.68. The van der Waals surface area contributed by atoms with E-state index in [9.17, 15) is 0 Å². The lowest BCUT2D eigenvalue weighted by atomic mass is 9.49. The summed E-state index contributed by atoms with van der Waals surface area (Å²) in [5.41, 5.74) is 16.3. The summed E-state index contributed by atoms with van der Waals surface area (Å²) in [5.74, 6) is 0. The Kier molecular flexibility index (Phi) is 4.63. The summed E-state index contributed by atoms with van der Waals surface area (Å²) < 4.78 is 0. The molecule has 0 N–H and O–H groups in total. The maximum atomic E-state index is 2.58. The third-order valence-corrected chi connectivity index (χ3v) is 8.61. The van der Waals surface area contributed by atoms with Gasteiger partial charge in [0.05, 0.1) is 0 Å². The molecule has 0 radical (unpaired) electrons. The molecular formula is C32H28B2N2. The van der Waals surface area contributed by atoms with E-state index in [1.807, 2.05) is 0 Å². The molecule has 36 heavy (non-hydrogen) atoms. The predicted molar refractivity (Wildman–Crippen MR) is 154 cm³/mol. The molecule has 0 bridgehead atoms. The van der Waals surface area contributed by atoms with Crippen molar-refractivity contribution < 1.29 is 0 Å². The van der Waals surface area contributed by atoms with Crippen LogP contribution in [0.3, 0.4) is 0 Å². The Bertz CT molecular complexity index is 1380. The second-order valence-corrected chi connectivity index (χ2v) is 10.2. The van der Waals surface area contributed by atoms with Gasteiger partial charge < -0.3 is 9.62 Å². The van der Waals surface area contributed by atoms with E-state index in [2.05, 4.69) is 134 Å². The van der Waals surface area contributed by atoms with Crippen molar-refractivity contribution in [2.24, 2.45) is 0 Å². The van der Waals surface area contributed by atoms with Crippen LogP contribution in [0.4, 0.5) is 0 Å². The zero-order valence-electron chi connectivity index (χ0n) is 21.3. The zero-order valence-corrected chi connectivity index (χ0v) is 21.3. The largest absolute Gasteiger partial charge is 0.381 e. The quantitative estimate of drug-likeness (QED) is 0.400. The van der Waals surface area contributed by atoms with E-state index >= 15 is 0 Å². The first-order valence-corrected chi connectivity index (χ1v) is 12.9. The second kappa shape index (κ2) is 7.80. The molecule has 4 aromatic carbocycles. The minimum atomic E-state index is 0.188. The fourth-order valence-electron chi connectivity index (χ4n) is 6.79. The van der Waals surface area contributed by atoms with Crippen molar-refractivity contribution in [3.63, 3.8) is 0 Å². The standard InChI is InChI=1S/C32H28B2N2/c1-21-22(2)36(34-31-19-11-7-15-27(31)28-16-8-12-20-32(28)34)24(4)23(3)35(21)33-29-17-9-5-13-25(29)26-14-6-10-18-30(26)33/h5-20H,1-4H3. The highest BCUT2D eigenvalue weighted by molar-refractivity contribution is 6.89. The van der Waals surface area contributed by atoms with Gasteiger partial charge in [-0.3, -0.25) is 0 Å². The lowest BCUT2D eigenvalue weighted by molar-refractivity contribution is 0.509. The van der Waals surface area contributed by atoms with Crippen molar-refractivity contribution in [3.8, 4) is 22.3 Å². The maximum absolute atomic E-state index is 2.58. The smallest absolute Gasteiger partial charge is 0.329 e. The summed E-state index contributed by atoms with van der Waals surface area (Å²) in [5, 5.41) is 0. The molecule has 0 saturated heterocycles. The average molecular weight is 462 g/mol. The second-order valence-electron chi connectivity index (χ2n) is 10.2. The molecular weight excluding hydrogens is 434 g/mol. The highest BCUT2D eigenvalue weighted by atomic mass is 15.2. The maximum Gasteiger partial charge on any atom is 0.329 e. The third-order valence-electron chi connectivity index (χ3n) is 8.61. The van der Waals surface area contributed by atoms with Gasteiger partial charge in [-0.25, -0.2) is 0 Å². The van der Waals surface area contributed by atoms with E-state index in [0.29, 0.717) is 0 Å². The van der Waals surface area contributed by atoms with Gasteiger partial charge in [-0.1, -0.05) is 97.1 Å². The van der Waals surface area contributed by atoms with Gasteiger partial charge in [-0.05, 0) is 71.8 Å². The summed E-state index contributed by atoms with van der Waals surface area (Å²) in [7, 11) is 0. The van der Waals surface area contributed by atoms with Crippen molar-refractivity contribution in [1.82, 2.24) is 9.62 Å². The Hall–Kier alpha value is -3.91. The Morgan fingerprint density at radius 3 is 0.833 bits per heavy atom. The van der Waals surface area contributed by atoms with Crippen molar-refractivity contribution in [1.29, 1.82) is 0 Å². The first-order valence-electron chi connectivity index (χ1n) is 12.9. The van der Waals surface area contributed by atoms with E-state index in [-0.39, 0.29) is 13.7 Å². The van der Waals surface area contributed by atoms with Crippen LogP contribution in [0.25, 0.3) is 22.3 Å². The highest BCUT2D eigenvalue weighted by Gasteiger charge is 2.44. The summed E-state index contributed by atoms with van der Waals surface area (Å²) in [6.45, 7) is 9.58. The van der Waals surface area contributed by atoms with Crippen LogP contribution in [0.5, 0.6) is 0 Å². The molecule has 0 unspecified atom stereocenters. The van der Waals surface area contributed by atoms with Crippen LogP contribution >= 0.6 is 0 Å². The van der Waals surface area contributed by atoms with Gasteiger partial charge >= 0.3 is 13.7 Å². The number of rotatable bonds is 2. The summed E-state index contributed by atoms with van der Waals surface area (Å²) >= 11 is 0. The number of benzene rings is 4. The first kappa shape index (κ1) is 21.4. The average Bonchev–Trinajstić information content (AvgIpc) is 3.42. The molecule has 4 heteroatoms. The monoisotopic (exact) mass is 462 g/mol. The van der Waals surface area contributed by atoms with Gasteiger partial charge in [-0.2, -0.15) is 0 Å². The molecule has 0 atom stereocenters. The Morgan fingerprint density at radius 2 is 0.583 bits per heavy atom. The summed E-state index contributed by atoms with van der Waals surface area (Å²) in [6, 6.07) is 35.7. The Balaban J connectivity index is 1.40. The fraction of sp³-hybridized carbons (Fsp3) is 0.125. The normalized spacial score (nSPS) is 15.9. The number of hydrogen-bond donors (Lipinski definition) is 0. The van der Waals surface area contributed by atoms with Gasteiger partial charge in [0.1, 0.15) is 0 Å². The SMILES string of the molecule is CC1=C(C)N(B2c3ccccc3-c3ccccc32)C(C)=C(C)N1B1c2ccccc2-c2ccccc21. The van der Waals surface area contributed by atoms with Crippen molar-refractivity contribution >= 4 is 35.5 Å². The van der Waals surface area contributed by atoms with Gasteiger partial charge in [0, 0.05) is 22.8 Å². The van der Waals surface area contributed by atoms with Gasteiger partial charge in [-0.15, -0.1) is 0 Å². The zero-order chi connectivity index (χ0) is 24.6. The molecule has 0 fully saturated rings. The molecule has 0 saturated carbocycles. The molecule has 0 aromatic heterocycles. The number of allylic oxidation sites excluding steroid dienone is 4. The summed E-state index contributed by atoms with van der Waals surface area (Å²) in [4.78, 5) is 5.16. The number of hydrogen-bond acceptors (Lipinski definition) is 2. The molecule has 0 amide bonds. The van der Waals surface area contributed by atoms with Crippen molar-refractivity contribution in [3.05, 3.63) is 120 Å². The lowest BCUT2D eigenvalue weighted by Crippen LogP contribution is -2.58. The lowest BCUT2D eigenvalue weighted by Gasteiger charge is -2.45. The van der Waals surface area contributed by atoms with Gasteiger partial charge in [0.25, 0.3) is 0 Å². The molecule has 2 nitrogen and oxygen atoms in total. The minimum absolute atomic E-state index is 0.188. The van der Waals surface area contributed by atoms with E-state index in [1.54, 1.807) is 0 Å². The van der Waals surface area contributed by atoms with Crippen LogP contribution in [0.1, 0.15) is 27.7 Å². The molecule has 172 valence electrons.